The molecule has 4 heteroatoms. The van der Waals surface area contributed by atoms with E-state index in [1.165, 1.54) is 7.11 Å². The Hall–Kier alpha value is -1.71. The van der Waals surface area contributed by atoms with Gasteiger partial charge in [0.15, 0.2) is 11.5 Å². The van der Waals surface area contributed by atoms with Crippen molar-refractivity contribution in [3.8, 4) is 11.5 Å². The molecule has 0 saturated heterocycles. The predicted molar refractivity (Wildman–Crippen MR) is 73.6 cm³/mol. The zero-order valence-corrected chi connectivity index (χ0v) is 11.7. The number of hydrogen-bond donors (Lipinski definition) is 1. The van der Waals surface area contributed by atoms with Gasteiger partial charge in [-0.1, -0.05) is 19.9 Å². The van der Waals surface area contributed by atoms with Gasteiger partial charge in [0.05, 0.1) is 12.7 Å². The minimum Gasteiger partial charge on any atom is -0.504 e. The van der Waals surface area contributed by atoms with Crippen LogP contribution in [0.5, 0.6) is 11.5 Å². The van der Waals surface area contributed by atoms with E-state index in [0.717, 1.165) is 19.4 Å². The molecule has 0 unspecified atom stereocenters. The molecular weight excluding hydrogens is 242 g/mol. The van der Waals surface area contributed by atoms with Crippen molar-refractivity contribution in [1.82, 2.24) is 4.90 Å². The summed E-state index contributed by atoms with van der Waals surface area (Å²) >= 11 is 0. The highest BCUT2D eigenvalue weighted by molar-refractivity contribution is 5.98. The van der Waals surface area contributed by atoms with Crippen molar-refractivity contribution in [2.24, 2.45) is 5.92 Å². The standard InChI is InChI=1S/C15H21NO3/c1-10(2)9-16(11-7-8-11)15(18)12-5-4-6-13(19-3)14(12)17/h4-6,10-11,17H,7-9H2,1-3H3. The molecule has 0 aromatic heterocycles. The molecular formula is C15H21NO3. The summed E-state index contributed by atoms with van der Waals surface area (Å²) in [5, 5.41) is 10.1. The Balaban J connectivity index is 2.26. The highest BCUT2D eigenvalue weighted by atomic mass is 16.5. The smallest absolute Gasteiger partial charge is 0.258 e. The molecule has 1 aliphatic carbocycles. The molecule has 0 heterocycles. The average molecular weight is 263 g/mol. The van der Waals surface area contributed by atoms with Crippen molar-refractivity contribution in [3.63, 3.8) is 0 Å². The van der Waals surface area contributed by atoms with E-state index in [2.05, 4.69) is 13.8 Å². The lowest BCUT2D eigenvalue weighted by atomic mass is 10.1. The van der Waals surface area contributed by atoms with Crippen molar-refractivity contribution in [2.75, 3.05) is 13.7 Å². The second-order valence-corrected chi connectivity index (χ2v) is 5.44. The van der Waals surface area contributed by atoms with E-state index >= 15 is 0 Å². The van der Waals surface area contributed by atoms with Crippen LogP contribution in [-0.2, 0) is 0 Å². The summed E-state index contributed by atoms with van der Waals surface area (Å²) < 4.78 is 5.05. The minimum atomic E-state index is -0.104. The third-order valence-corrected chi connectivity index (χ3v) is 3.26. The summed E-state index contributed by atoms with van der Waals surface area (Å²) in [6.45, 7) is 4.91. The topological polar surface area (TPSA) is 49.8 Å². The van der Waals surface area contributed by atoms with Gasteiger partial charge in [-0.3, -0.25) is 4.79 Å². The molecule has 1 fully saturated rings. The van der Waals surface area contributed by atoms with Gasteiger partial charge in [0.25, 0.3) is 5.91 Å². The molecule has 0 radical (unpaired) electrons. The molecule has 19 heavy (non-hydrogen) atoms. The number of phenolic OH excluding ortho intramolecular Hbond substituents is 1. The first kappa shape index (κ1) is 13.7. The highest BCUT2D eigenvalue weighted by Gasteiger charge is 2.34. The van der Waals surface area contributed by atoms with Gasteiger partial charge in [-0.25, -0.2) is 0 Å². The molecule has 0 bridgehead atoms. The number of hydrogen-bond acceptors (Lipinski definition) is 3. The van der Waals surface area contributed by atoms with E-state index < -0.39 is 0 Å². The molecule has 2 rings (SSSR count). The van der Waals surface area contributed by atoms with E-state index in [1.54, 1.807) is 18.2 Å². The summed E-state index contributed by atoms with van der Waals surface area (Å²) in [4.78, 5) is 14.4. The number of benzene rings is 1. The fourth-order valence-electron chi connectivity index (χ4n) is 2.19. The number of para-hydroxylation sites is 1. The first-order valence-corrected chi connectivity index (χ1v) is 6.71. The largest absolute Gasteiger partial charge is 0.504 e. The number of amides is 1. The van der Waals surface area contributed by atoms with Crippen LogP contribution in [0, 0.1) is 5.92 Å². The SMILES string of the molecule is COc1cccc(C(=O)N(CC(C)C)C2CC2)c1O. The monoisotopic (exact) mass is 263 g/mol. The van der Waals surface area contributed by atoms with Crippen molar-refractivity contribution in [1.29, 1.82) is 0 Å². The van der Waals surface area contributed by atoms with Gasteiger partial charge in [0.1, 0.15) is 0 Å². The summed E-state index contributed by atoms with van der Waals surface area (Å²) in [7, 11) is 1.48. The first-order valence-electron chi connectivity index (χ1n) is 6.71. The van der Waals surface area contributed by atoms with Crippen LogP contribution in [0.15, 0.2) is 18.2 Å². The number of rotatable bonds is 5. The Kier molecular flexibility index (Phi) is 3.98. The van der Waals surface area contributed by atoms with E-state index in [-0.39, 0.29) is 11.7 Å². The summed E-state index contributed by atoms with van der Waals surface area (Å²) in [5.41, 5.74) is 0.326. The van der Waals surface area contributed by atoms with Crippen LogP contribution < -0.4 is 4.74 Å². The fourth-order valence-corrected chi connectivity index (χ4v) is 2.19. The van der Waals surface area contributed by atoms with Crippen LogP contribution in [0.4, 0.5) is 0 Å². The summed E-state index contributed by atoms with van der Waals surface area (Å²) in [6.07, 6.45) is 2.12. The maximum absolute atomic E-state index is 12.6. The molecule has 104 valence electrons. The Morgan fingerprint density at radius 2 is 2.16 bits per heavy atom. The minimum absolute atomic E-state index is 0.0654. The van der Waals surface area contributed by atoms with Gasteiger partial charge in [-0.15, -0.1) is 0 Å². The Bertz CT molecular complexity index is 466. The average Bonchev–Trinajstić information content (AvgIpc) is 3.19. The molecule has 4 nitrogen and oxygen atoms in total. The molecule has 0 aliphatic heterocycles. The zero-order valence-electron chi connectivity index (χ0n) is 11.7. The first-order chi connectivity index (χ1) is 9.04. The van der Waals surface area contributed by atoms with Crippen LogP contribution in [0.1, 0.15) is 37.0 Å². The highest BCUT2D eigenvalue weighted by Crippen LogP contribution is 2.34. The Morgan fingerprint density at radius 1 is 1.47 bits per heavy atom. The second-order valence-electron chi connectivity index (χ2n) is 5.44. The lowest BCUT2D eigenvalue weighted by Gasteiger charge is -2.25. The molecule has 1 saturated carbocycles. The quantitative estimate of drug-likeness (QED) is 0.888. The molecule has 1 N–H and O–H groups in total. The van der Waals surface area contributed by atoms with Crippen LogP contribution in [0.2, 0.25) is 0 Å². The molecule has 0 atom stereocenters. The Labute approximate surface area is 114 Å². The second kappa shape index (κ2) is 5.51. The number of ether oxygens (including phenoxy) is 1. The molecule has 0 spiro atoms. The normalized spacial score (nSPS) is 14.5. The van der Waals surface area contributed by atoms with E-state index in [0.29, 0.717) is 23.3 Å². The van der Waals surface area contributed by atoms with Crippen LogP contribution in [-0.4, -0.2) is 35.6 Å². The van der Waals surface area contributed by atoms with Crippen molar-refractivity contribution >= 4 is 5.91 Å². The Morgan fingerprint density at radius 3 is 2.68 bits per heavy atom. The summed E-state index contributed by atoms with van der Waals surface area (Å²) in [5.74, 6) is 0.584. The van der Waals surface area contributed by atoms with E-state index in [4.69, 9.17) is 4.74 Å². The number of methoxy groups -OCH3 is 1. The number of carbonyl (C=O) groups is 1. The lowest BCUT2D eigenvalue weighted by molar-refractivity contribution is 0.0719. The van der Waals surface area contributed by atoms with Crippen molar-refractivity contribution in [3.05, 3.63) is 23.8 Å². The van der Waals surface area contributed by atoms with Gasteiger partial charge < -0.3 is 14.7 Å². The molecule has 1 aliphatic rings. The number of aromatic hydroxyl groups is 1. The van der Waals surface area contributed by atoms with Crippen molar-refractivity contribution < 1.29 is 14.6 Å². The maximum atomic E-state index is 12.6. The maximum Gasteiger partial charge on any atom is 0.258 e. The van der Waals surface area contributed by atoms with Gasteiger partial charge in [-0.05, 0) is 30.9 Å². The van der Waals surface area contributed by atoms with Crippen LogP contribution in [0.3, 0.4) is 0 Å². The van der Waals surface area contributed by atoms with Gasteiger partial charge in [-0.2, -0.15) is 0 Å². The lowest BCUT2D eigenvalue weighted by Crippen LogP contribution is -2.36. The summed E-state index contributed by atoms with van der Waals surface area (Å²) in [6, 6.07) is 5.36. The predicted octanol–water partition coefficient (Wildman–Crippen LogP) is 2.66. The number of phenols is 1. The van der Waals surface area contributed by atoms with Gasteiger partial charge in [0.2, 0.25) is 0 Å². The fraction of sp³-hybridized carbons (Fsp3) is 0.533. The zero-order chi connectivity index (χ0) is 14.0. The third kappa shape index (κ3) is 3.00. The van der Waals surface area contributed by atoms with Gasteiger partial charge in [0, 0.05) is 12.6 Å². The van der Waals surface area contributed by atoms with Gasteiger partial charge >= 0.3 is 0 Å². The van der Waals surface area contributed by atoms with Crippen molar-refractivity contribution in [2.45, 2.75) is 32.7 Å². The van der Waals surface area contributed by atoms with E-state index in [9.17, 15) is 9.90 Å². The molecule has 1 aromatic rings. The van der Waals surface area contributed by atoms with Crippen LogP contribution >= 0.6 is 0 Å². The molecule has 1 aromatic carbocycles. The van der Waals surface area contributed by atoms with Crippen LogP contribution in [0.25, 0.3) is 0 Å². The van der Waals surface area contributed by atoms with E-state index in [1.807, 2.05) is 4.90 Å². The molecule has 1 amide bonds. The third-order valence-electron chi connectivity index (χ3n) is 3.26. The number of carbonyl (C=O) groups excluding carboxylic acids is 1. The number of nitrogens with zero attached hydrogens (tertiary/aromatic N) is 1.